The van der Waals surface area contributed by atoms with Crippen LogP contribution in [0.25, 0.3) is 0 Å². The lowest BCUT2D eigenvalue weighted by molar-refractivity contribution is -0.120. The van der Waals surface area contributed by atoms with Crippen LogP contribution in [0.5, 0.6) is 0 Å². The third-order valence-corrected chi connectivity index (χ3v) is 2.40. The quantitative estimate of drug-likeness (QED) is 0.774. The molecule has 6 heteroatoms. The van der Waals surface area contributed by atoms with Crippen LogP contribution >= 0.6 is 0 Å². The number of nitrogens with two attached hydrogens (primary N) is 1. The van der Waals surface area contributed by atoms with Crippen LogP contribution in [0.4, 0.5) is 0 Å². The van der Waals surface area contributed by atoms with E-state index in [4.69, 9.17) is 11.0 Å². The Balaban J connectivity index is 2.71. The average Bonchev–Trinajstić information content (AvgIpc) is 2.38. The fourth-order valence-corrected chi connectivity index (χ4v) is 1.40. The van der Waals surface area contributed by atoms with E-state index < -0.39 is 17.9 Å². The summed E-state index contributed by atoms with van der Waals surface area (Å²) in [6.45, 7) is 1.66. The molecular weight excluding hydrogens is 232 g/mol. The van der Waals surface area contributed by atoms with E-state index in [-0.39, 0.29) is 12.3 Å². The molecule has 1 heterocycles. The number of nitriles is 1. The summed E-state index contributed by atoms with van der Waals surface area (Å²) >= 11 is 0. The van der Waals surface area contributed by atoms with Crippen molar-refractivity contribution in [3.05, 3.63) is 30.1 Å². The van der Waals surface area contributed by atoms with Gasteiger partial charge in [-0.3, -0.25) is 14.6 Å². The van der Waals surface area contributed by atoms with Gasteiger partial charge in [0.2, 0.25) is 5.91 Å². The number of nitrogens with one attached hydrogen (secondary N) is 1. The van der Waals surface area contributed by atoms with Gasteiger partial charge in [0.1, 0.15) is 6.04 Å². The highest BCUT2D eigenvalue weighted by atomic mass is 16.2. The van der Waals surface area contributed by atoms with Crippen LogP contribution in [0.15, 0.2) is 24.5 Å². The molecule has 0 bridgehead atoms. The van der Waals surface area contributed by atoms with Crippen molar-refractivity contribution in [1.29, 1.82) is 5.26 Å². The molecule has 3 N–H and O–H groups in total. The molecule has 0 aliphatic heterocycles. The molecule has 1 aromatic rings. The fourth-order valence-electron chi connectivity index (χ4n) is 1.40. The summed E-state index contributed by atoms with van der Waals surface area (Å²) in [5.41, 5.74) is 5.58. The molecule has 0 aliphatic carbocycles. The van der Waals surface area contributed by atoms with Gasteiger partial charge in [0.25, 0.3) is 5.91 Å². The Kier molecular flexibility index (Phi) is 4.81. The summed E-state index contributed by atoms with van der Waals surface area (Å²) in [7, 11) is 0. The maximum absolute atomic E-state index is 11.8. The number of carbonyl (C=O) groups excluding carboxylic acids is 2. The van der Waals surface area contributed by atoms with Gasteiger partial charge in [-0.05, 0) is 25.5 Å². The molecule has 0 saturated carbocycles. The van der Waals surface area contributed by atoms with Crippen LogP contribution in [-0.2, 0) is 4.79 Å². The first-order valence-corrected chi connectivity index (χ1v) is 5.44. The molecular formula is C12H14N4O2. The molecule has 0 fully saturated rings. The number of hydrogen-bond acceptors (Lipinski definition) is 4. The number of primary amides is 1. The van der Waals surface area contributed by atoms with Crippen molar-refractivity contribution >= 4 is 11.8 Å². The molecule has 0 aromatic carbocycles. The van der Waals surface area contributed by atoms with E-state index in [1.165, 1.54) is 24.5 Å². The predicted molar refractivity (Wildman–Crippen MR) is 64.1 cm³/mol. The molecule has 18 heavy (non-hydrogen) atoms. The third kappa shape index (κ3) is 3.87. The van der Waals surface area contributed by atoms with E-state index in [1.54, 1.807) is 6.92 Å². The summed E-state index contributed by atoms with van der Waals surface area (Å²) in [4.78, 5) is 26.8. The second kappa shape index (κ2) is 6.35. The smallest absolute Gasteiger partial charge is 0.252 e. The van der Waals surface area contributed by atoms with Crippen LogP contribution in [0.2, 0.25) is 0 Å². The summed E-state index contributed by atoms with van der Waals surface area (Å²) in [6, 6.07) is 4.21. The molecule has 0 aliphatic rings. The largest absolute Gasteiger partial charge is 0.368 e. The maximum Gasteiger partial charge on any atom is 0.252 e. The normalized spacial score (nSPS) is 13.1. The van der Waals surface area contributed by atoms with Crippen molar-refractivity contribution in [2.45, 2.75) is 19.4 Å². The van der Waals surface area contributed by atoms with Crippen molar-refractivity contribution in [2.75, 3.05) is 0 Å². The van der Waals surface area contributed by atoms with Gasteiger partial charge in [0.15, 0.2) is 0 Å². The lowest BCUT2D eigenvalue weighted by Gasteiger charge is -2.16. The molecule has 1 rings (SSSR count). The van der Waals surface area contributed by atoms with Gasteiger partial charge >= 0.3 is 0 Å². The Morgan fingerprint density at radius 2 is 2.11 bits per heavy atom. The minimum absolute atomic E-state index is 0.197. The Morgan fingerprint density at radius 3 is 2.61 bits per heavy atom. The standard InChI is InChI=1S/C12H14N4O2/c1-8(7-13)6-10(11(14)17)16-12(18)9-2-4-15-5-3-9/h2-5,8,10H,6H2,1H3,(H2,14,17)(H,16,18)/t8-,10+/m1/s1. The molecule has 94 valence electrons. The van der Waals surface area contributed by atoms with Crippen molar-refractivity contribution in [3.63, 3.8) is 0 Å². The number of rotatable bonds is 5. The topological polar surface area (TPSA) is 109 Å². The summed E-state index contributed by atoms with van der Waals surface area (Å²) in [5.74, 6) is -1.42. The molecule has 0 spiro atoms. The molecule has 1 aromatic heterocycles. The number of amides is 2. The first kappa shape index (κ1) is 13.6. The Morgan fingerprint density at radius 1 is 1.50 bits per heavy atom. The van der Waals surface area contributed by atoms with E-state index in [2.05, 4.69) is 10.3 Å². The first-order chi connectivity index (χ1) is 8.54. The Labute approximate surface area is 105 Å². The summed E-state index contributed by atoms with van der Waals surface area (Å²) < 4.78 is 0. The zero-order valence-corrected chi connectivity index (χ0v) is 9.96. The number of pyridine rings is 1. The van der Waals surface area contributed by atoms with Crippen LogP contribution in [0.1, 0.15) is 23.7 Å². The molecule has 0 saturated heterocycles. The van der Waals surface area contributed by atoms with Crippen LogP contribution < -0.4 is 11.1 Å². The fraction of sp³-hybridized carbons (Fsp3) is 0.333. The highest BCUT2D eigenvalue weighted by Gasteiger charge is 2.21. The minimum atomic E-state index is -0.847. The monoisotopic (exact) mass is 246 g/mol. The number of carbonyl (C=O) groups is 2. The predicted octanol–water partition coefficient (Wildman–Crippen LogP) is 0.215. The van der Waals surface area contributed by atoms with Crippen LogP contribution in [0, 0.1) is 17.2 Å². The second-order valence-electron chi connectivity index (χ2n) is 3.93. The van der Waals surface area contributed by atoms with E-state index in [0.29, 0.717) is 5.56 Å². The highest BCUT2D eigenvalue weighted by molar-refractivity contribution is 5.97. The summed E-state index contributed by atoms with van der Waals surface area (Å²) in [6.07, 6.45) is 3.15. The lowest BCUT2D eigenvalue weighted by Crippen LogP contribution is -2.45. The van der Waals surface area contributed by atoms with Crippen molar-refractivity contribution in [3.8, 4) is 6.07 Å². The van der Waals surface area contributed by atoms with Gasteiger partial charge in [-0.1, -0.05) is 0 Å². The maximum atomic E-state index is 11.8. The van der Waals surface area contributed by atoms with Crippen LogP contribution in [-0.4, -0.2) is 22.8 Å². The Hall–Kier alpha value is -2.42. The van der Waals surface area contributed by atoms with E-state index in [0.717, 1.165) is 0 Å². The number of nitrogens with zero attached hydrogens (tertiary/aromatic N) is 2. The number of hydrogen-bond donors (Lipinski definition) is 2. The first-order valence-electron chi connectivity index (χ1n) is 5.44. The number of aromatic nitrogens is 1. The van der Waals surface area contributed by atoms with Gasteiger partial charge in [0.05, 0.1) is 6.07 Å². The second-order valence-corrected chi connectivity index (χ2v) is 3.93. The molecule has 2 amide bonds. The minimum Gasteiger partial charge on any atom is -0.368 e. The average molecular weight is 246 g/mol. The van der Waals surface area contributed by atoms with E-state index in [1.807, 2.05) is 6.07 Å². The molecule has 6 nitrogen and oxygen atoms in total. The van der Waals surface area contributed by atoms with Gasteiger partial charge in [0, 0.05) is 23.9 Å². The van der Waals surface area contributed by atoms with Gasteiger partial charge in [-0.15, -0.1) is 0 Å². The molecule has 0 radical (unpaired) electrons. The van der Waals surface area contributed by atoms with Crippen molar-refractivity contribution < 1.29 is 9.59 Å². The van der Waals surface area contributed by atoms with Crippen LogP contribution in [0.3, 0.4) is 0 Å². The highest BCUT2D eigenvalue weighted by Crippen LogP contribution is 2.06. The van der Waals surface area contributed by atoms with Gasteiger partial charge in [-0.2, -0.15) is 5.26 Å². The van der Waals surface area contributed by atoms with Gasteiger partial charge < -0.3 is 11.1 Å². The lowest BCUT2D eigenvalue weighted by atomic mass is 10.0. The zero-order valence-electron chi connectivity index (χ0n) is 9.96. The third-order valence-electron chi connectivity index (χ3n) is 2.40. The van der Waals surface area contributed by atoms with E-state index >= 15 is 0 Å². The SMILES string of the molecule is C[C@@H](C#N)C[C@H](NC(=O)c1ccncc1)C(N)=O. The molecule has 2 atom stereocenters. The summed E-state index contributed by atoms with van der Waals surface area (Å²) in [5, 5.41) is 11.2. The van der Waals surface area contributed by atoms with Crippen molar-refractivity contribution in [1.82, 2.24) is 10.3 Å². The van der Waals surface area contributed by atoms with Crippen molar-refractivity contribution in [2.24, 2.45) is 11.7 Å². The zero-order chi connectivity index (χ0) is 13.5. The van der Waals surface area contributed by atoms with E-state index in [9.17, 15) is 9.59 Å². The van der Waals surface area contributed by atoms with Gasteiger partial charge in [-0.25, -0.2) is 0 Å². The molecule has 0 unspecified atom stereocenters. The Bertz CT molecular complexity index is 467.